The molecule has 0 aliphatic rings. The van der Waals surface area contributed by atoms with E-state index in [1.807, 2.05) is 24.3 Å². The molecule has 1 aromatic rings. The fraction of sp³-hybridized carbons (Fsp3) is 0.462. The third-order valence-corrected chi connectivity index (χ3v) is 2.16. The molecule has 17 heavy (non-hydrogen) atoms. The first-order chi connectivity index (χ1) is 8.08. The van der Waals surface area contributed by atoms with E-state index < -0.39 is 0 Å². The minimum Gasteiger partial charge on any atom is -0.493 e. The van der Waals surface area contributed by atoms with Crippen LogP contribution in [0.5, 0.6) is 5.75 Å². The molecule has 0 heterocycles. The number of nitrogens with two attached hydrogens (primary N) is 1. The summed E-state index contributed by atoms with van der Waals surface area (Å²) in [6.45, 7) is 5.66. The van der Waals surface area contributed by atoms with Crippen molar-refractivity contribution >= 4 is 11.5 Å². The number of rotatable bonds is 7. The van der Waals surface area contributed by atoms with Gasteiger partial charge in [0, 0.05) is 18.7 Å². The monoisotopic (exact) mass is 235 g/mol. The van der Waals surface area contributed by atoms with Crippen LogP contribution in [0.3, 0.4) is 0 Å². The maximum atomic E-state index is 7.11. The molecular formula is C13H21N3O. The van der Waals surface area contributed by atoms with Gasteiger partial charge in [-0.05, 0) is 30.2 Å². The molecule has 4 nitrogen and oxygen atoms in total. The smallest absolute Gasteiger partial charge is 0.119 e. The SMILES string of the molecule is CC(C)COc1ccc(NCCC(=N)N)cc1. The Labute approximate surface area is 103 Å². The van der Waals surface area contributed by atoms with Gasteiger partial charge in [-0.1, -0.05) is 13.8 Å². The first-order valence-corrected chi connectivity index (χ1v) is 5.87. The van der Waals surface area contributed by atoms with Crippen molar-refractivity contribution in [3.63, 3.8) is 0 Å². The number of ether oxygens (including phenoxy) is 1. The highest BCUT2D eigenvalue weighted by molar-refractivity contribution is 5.77. The van der Waals surface area contributed by atoms with Gasteiger partial charge in [0.05, 0.1) is 12.4 Å². The highest BCUT2D eigenvalue weighted by Crippen LogP contribution is 2.16. The Morgan fingerprint density at radius 3 is 2.53 bits per heavy atom. The van der Waals surface area contributed by atoms with Crippen LogP contribution in [0.1, 0.15) is 20.3 Å². The molecule has 0 radical (unpaired) electrons. The summed E-state index contributed by atoms with van der Waals surface area (Å²) in [6.07, 6.45) is 0.561. The van der Waals surface area contributed by atoms with E-state index in [2.05, 4.69) is 19.2 Å². The van der Waals surface area contributed by atoms with Crippen molar-refractivity contribution in [3.05, 3.63) is 24.3 Å². The average Bonchev–Trinajstić information content (AvgIpc) is 2.27. The first kappa shape index (κ1) is 13.4. The van der Waals surface area contributed by atoms with Crippen molar-refractivity contribution in [3.8, 4) is 5.75 Å². The van der Waals surface area contributed by atoms with Gasteiger partial charge in [0.25, 0.3) is 0 Å². The minimum absolute atomic E-state index is 0.203. The zero-order valence-electron chi connectivity index (χ0n) is 10.5. The van der Waals surface area contributed by atoms with Gasteiger partial charge in [0.1, 0.15) is 5.75 Å². The van der Waals surface area contributed by atoms with Gasteiger partial charge in [-0.3, -0.25) is 5.41 Å². The molecule has 4 N–H and O–H groups in total. The van der Waals surface area contributed by atoms with Crippen LogP contribution in [-0.2, 0) is 0 Å². The lowest BCUT2D eigenvalue weighted by Crippen LogP contribution is -2.15. The van der Waals surface area contributed by atoms with Crippen LogP contribution in [-0.4, -0.2) is 19.0 Å². The van der Waals surface area contributed by atoms with Crippen LogP contribution in [0.15, 0.2) is 24.3 Å². The molecule has 0 fully saturated rings. The molecule has 4 heteroatoms. The molecule has 0 unspecified atom stereocenters. The molecule has 0 spiro atoms. The van der Waals surface area contributed by atoms with Crippen molar-refractivity contribution in [2.24, 2.45) is 11.7 Å². The second-order valence-electron chi connectivity index (χ2n) is 4.43. The van der Waals surface area contributed by atoms with E-state index in [0.29, 0.717) is 18.9 Å². The second-order valence-corrected chi connectivity index (χ2v) is 4.43. The highest BCUT2D eigenvalue weighted by Gasteiger charge is 1.98. The van der Waals surface area contributed by atoms with Crippen LogP contribution in [0.4, 0.5) is 5.69 Å². The van der Waals surface area contributed by atoms with E-state index in [-0.39, 0.29) is 5.84 Å². The number of amidine groups is 1. The Kier molecular flexibility index (Phi) is 5.33. The maximum Gasteiger partial charge on any atom is 0.119 e. The van der Waals surface area contributed by atoms with Crippen LogP contribution in [0, 0.1) is 11.3 Å². The zero-order chi connectivity index (χ0) is 12.7. The zero-order valence-corrected chi connectivity index (χ0v) is 10.5. The molecule has 94 valence electrons. The maximum absolute atomic E-state index is 7.11. The molecule has 0 saturated heterocycles. The fourth-order valence-electron chi connectivity index (χ4n) is 1.27. The lowest BCUT2D eigenvalue weighted by atomic mass is 10.2. The molecule has 0 aliphatic heterocycles. The number of hydrogen-bond donors (Lipinski definition) is 3. The predicted octanol–water partition coefficient (Wildman–Crippen LogP) is 2.46. The number of benzene rings is 1. The summed E-state index contributed by atoms with van der Waals surface area (Å²) in [4.78, 5) is 0. The number of anilines is 1. The Balaban J connectivity index is 2.36. The van der Waals surface area contributed by atoms with Crippen molar-refractivity contribution in [2.75, 3.05) is 18.5 Å². The fourth-order valence-corrected chi connectivity index (χ4v) is 1.27. The molecule has 0 amide bonds. The Morgan fingerprint density at radius 1 is 1.35 bits per heavy atom. The van der Waals surface area contributed by atoms with Gasteiger partial charge in [-0.15, -0.1) is 0 Å². The van der Waals surface area contributed by atoms with Gasteiger partial charge in [0.15, 0.2) is 0 Å². The molecule has 0 atom stereocenters. The minimum atomic E-state index is 0.203. The van der Waals surface area contributed by atoms with Crippen molar-refractivity contribution < 1.29 is 4.74 Å². The van der Waals surface area contributed by atoms with Crippen LogP contribution < -0.4 is 15.8 Å². The molecule has 0 saturated carbocycles. The van der Waals surface area contributed by atoms with Gasteiger partial charge >= 0.3 is 0 Å². The van der Waals surface area contributed by atoms with Crippen molar-refractivity contribution in [1.29, 1.82) is 5.41 Å². The largest absolute Gasteiger partial charge is 0.493 e. The second kappa shape index (κ2) is 6.78. The third-order valence-electron chi connectivity index (χ3n) is 2.16. The molecule has 0 bridgehead atoms. The lowest BCUT2D eigenvalue weighted by molar-refractivity contribution is 0.271. The summed E-state index contributed by atoms with van der Waals surface area (Å²) in [7, 11) is 0. The highest BCUT2D eigenvalue weighted by atomic mass is 16.5. The summed E-state index contributed by atoms with van der Waals surface area (Å²) < 4.78 is 5.58. The molecule has 0 aromatic heterocycles. The first-order valence-electron chi connectivity index (χ1n) is 5.87. The quantitative estimate of drug-likeness (QED) is 0.502. The number of nitrogens with one attached hydrogen (secondary N) is 2. The van der Waals surface area contributed by atoms with E-state index in [1.54, 1.807) is 0 Å². The lowest BCUT2D eigenvalue weighted by Gasteiger charge is -2.10. The van der Waals surface area contributed by atoms with E-state index >= 15 is 0 Å². The summed E-state index contributed by atoms with van der Waals surface area (Å²) in [5.41, 5.74) is 6.29. The average molecular weight is 235 g/mol. The standard InChI is InChI=1S/C13H21N3O/c1-10(2)9-17-12-5-3-11(4-6-12)16-8-7-13(14)15/h3-6,10,16H,7-9H2,1-2H3,(H3,14,15). The van der Waals surface area contributed by atoms with E-state index in [0.717, 1.165) is 18.0 Å². The van der Waals surface area contributed by atoms with Crippen molar-refractivity contribution in [2.45, 2.75) is 20.3 Å². The Morgan fingerprint density at radius 2 is 2.00 bits per heavy atom. The van der Waals surface area contributed by atoms with Gasteiger partial charge < -0.3 is 15.8 Å². The van der Waals surface area contributed by atoms with Crippen LogP contribution in [0.2, 0.25) is 0 Å². The third kappa shape index (κ3) is 5.80. The van der Waals surface area contributed by atoms with Crippen LogP contribution in [0.25, 0.3) is 0 Å². The summed E-state index contributed by atoms with van der Waals surface area (Å²) in [6, 6.07) is 7.82. The predicted molar refractivity (Wildman–Crippen MR) is 71.8 cm³/mol. The van der Waals surface area contributed by atoms with E-state index in [9.17, 15) is 0 Å². The van der Waals surface area contributed by atoms with Gasteiger partial charge in [-0.2, -0.15) is 0 Å². The summed E-state index contributed by atoms with van der Waals surface area (Å²) in [5, 5.41) is 10.3. The molecular weight excluding hydrogens is 214 g/mol. The summed E-state index contributed by atoms with van der Waals surface area (Å²) in [5.74, 6) is 1.62. The Bertz CT molecular complexity index is 346. The van der Waals surface area contributed by atoms with Gasteiger partial charge in [0.2, 0.25) is 0 Å². The summed E-state index contributed by atoms with van der Waals surface area (Å²) >= 11 is 0. The number of hydrogen-bond acceptors (Lipinski definition) is 3. The normalized spacial score (nSPS) is 10.3. The van der Waals surface area contributed by atoms with Crippen LogP contribution >= 0.6 is 0 Å². The van der Waals surface area contributed by atoms with E-state index in [1.165, 1.54) is 0 Å². The van der Waals surface area contributed by atoms with E-state index in [4.69, 9.17) is 15.9 Å². The Hall–Kier alpha value is -1.71. The topological polar surface area (TPSA) is 71.1 Å². The molecule has 0 aliphatic carbocycles. The van der Waals surface area contributed by atoms with Gasteiger partial charge in [-0.25, -0.2) is 0 Å². The molecule has 1 aromatic carbocycles. The van der Waals surface area contributed by atoms with Crippen molar-refractivity contribution in [1.82, 2.24) is 0 Å². The molecule has 1 rings (SSSR count).